The highest BCUT2D eigenvalue weighted by molar-refractivity contribution is 5.94. The summed E-state index contributed by atoms with van der Waals surface area (Å²) in [6.45, 7) is 8.37. The van der Waals surface area contributed by atoms with Gasteiger partial charge in [0.1, 0.15) is 23.6 Å². The number of likely N-dealkylation sites (tertiary alicyclic amines) is 1. The predicted molar refractivity (Wildman–Crippen MR) is 107 cm³/mol. The molecule has 0 aliphatic carbocycles. The molecule has 1 amide bonds. The quantitative estimate of drug-likeness (QED) is 0.719. The van der Waals surface area contributed by atoms with E-state index in [2.05, 4.69) is 9.97 Å². The van der Waals surface area contributed by atoms with Crippen molar-refractivity contribution in [1.82, 2.24) is 14.9 Å². The number of rotatable bonds is 2. The molecule has 29 heavy (non-hydrogen) atoms. The number of carbonyl (C=O) groups is 2. The Morgan fingerprint density at radius 1 is 1.21 bits per heavy atom. The lowest BCUT2D eigenvalue weighted by Gasteiger charge is -2.54. The SMILES string of the molecule is CC(C)(C)OC(=O)N1CCC2(CC1)CN(c1ncnc3ccc(C=O)c(F)c13)C2. The molecule has 1 spiro atoms. The van der Waals surface area contributed by atoms with E-state index in [1.165, 1.54) is 12.4 Å². The van der Waals surface area contributed by atoms with Crippen LogP contribution in [0, 0.1) is 11.2 Å². The Balaban J connectivity index is 1.46. The molecular weight excluding hydrogens is 375 g/mol. The molecule has 0 unspecified atom stereocenters. The monoisotopic (exact) mass is 400 g/mol. The van der Waals surface area contributed by atoms with Gasteiger partial charge in [0.25, 0.3) is 0 Å². The number of aromatic nitrogens is 2. The minimum Gasteiger partial charge on any atom is -0.444 e. The molecule has 1 aromatic heterocycles. The molecule has 0 bridgehead atoms. The van der Waals surface area contributed by atoms with Gasteiger partial charge in [-0.1, -0.05) is 0 Å². The zero-order valence-electron chi connectivity index (χ0n) is 16.9. The smallest absolute Gasteiger partial charge is 0.410 e. The van der Waals surface area contributed by atoms with E-state index in [4.69, 9.17) is 4.74 Å². The van der Waals surface area contributed by atoms with E-state index in [9.17, 15) is 14.0 Å². The zero-order chi connectivity index (χ0) is 20.8. The fourth-order valence-electron chi connectivity index (χ4n) is 4.16. The third kappa shape index (κ3) is 3.63. The van der Waals surface area contributed by atoms with Gasteiger partial charge in [0.2, 0.25) is 0 Å². The third-order valence-electron chi connectivity index (χ3n) is 5.71. The van der Waals surface area contributed by atoms with Crippen LogP contribution in [0.5, 0.6) is 0 Å². The summed E-state index contributed by atoms with van der Waals surface area (Å²) in [6, 6.07) is 3.08. The number of ether oxygens (including phenoxy) is 1. The summed E-state index contributed by atoms with van der Waals surface area (Å²) in [5.41, 5.74) is 0.0836. The first kappa shape index (κ1) is 19.5. The lowest BCUT2D eigenvalue weighted by Crippen LogP contribution is -2.61. The summed E-state index contributed by atoms with van der Waals surface area (Å²) < 4.78 is 20.2. The van der Waals surface area contributed by atoms with Crippen LogP contribution in [0.2, 0.25) is 0 Å². The van der Waals surface area contributed by atoms with Crippen molar-refractivity contribution in [2.24, 2.45) is 5.41 Å². The van der Waals surface area contributed by atoms with Crippen LogP contribution in [0.1, 0.15) is 44.0 Å². The van der Waals surface area contributed by atoms with Gasteiger partial charge in [-0.25, -0.2) is 19.2 Å². The van der Waals surface area contributed by atoms with E-state index in [-0.39, 0.29) is 22.5 Å². The number of aldehydes is 1. The van der Waals surface area contributed by atoms with Gasteiger partial charge in [0.05, 0.1) is 16.5 Å². The molecule has 8 heteroatoms. The fraction of sp³-hybridized carbons (Fsp3) is 0.524. The Labute approximate surface area is 168 Å². The van der Waals surface area contributed by atoms with Crippen LogP contribution in [-0.2, 0) is 4.74 Å². The van der Waals surface area contributed by atoms with Gasteiger partial charge in [0.15, 0.2) is 6.29 Å². The molecule has 1 aromatic carbocycles. The molecule has 0 radical (unpaired) electrons. The van der Waals surface area contributed by atoms with Crippen molar-refractivity contribution >= 4 is 29.1 Å². The van der Waals surface area contributed by atoms with Gasteiger partial charge in [0, 0.05) is 31.6 Å². The molecule has 3 heterocycles. The maximum atomic E-state index is 14.8. The van der Waals surface area contributed by atoms with Crippen molar-refractivity contribution in [3.05, 3.63) is 29.8 Å². The lowest BCUT2D eigenvalue weighted by molar-refractivity contribution is 0.00591. The number of hydrogen-bond donors (Lipinski definition) is 0. The van der Waals surface area contributed by atoms with Crippen LogP contribution in [0.4, 0.5) is 15.0 Å². The molecule has 2 aliphatic heterocycles. The molecule has 0 atom stereocenters. The van der Waals surface area contributed by atoms with Crippen LogP contribution in [-0.4, -0.2) is 59.0 Å². The molecule has 7 nitrogen and oxygen atoms in total. The minimum atomic E-state index is -0.575. The Morgan fingerprint density at radius 3 is 2.52 bits per heavy atom. The van der Waals surface area contributed by atoms with E-state index < -0.39 is 11.4 Å². The van der Waals surface area contributed by atoms with Gasteiger partial charge in [-0.3, -0.25) is 4.79 Å². The standard InChI is InChI=1S/C21H25FN4O3/c1-20(2,3)29-19(28)25-8-6-21(7-9-25)11-26(12-21)18-16-15(23-13-24-18)5-4-14(10-27)17(16)22/h4-5,10,13H,6-9,11-12H2,1-3H3. The molecular formula is C21H25FN4O3. The number of halogens is 1. The molecule has 2 saturated heterocycles. The summed E-state index contributed by atoms with van der Waals surface area (Å²) in [5.74, 6) is -0.0507. The Bertz CT molecular complexity index is 956. The van der Waals surface area contributed by atoms with Crippen molar-refractivity contribution in [3.8, 4) is 0 Å². The average molecular weight is 400 g/mol. The molecule has 0 saturated carbocycles. The normalized spacial score (nSPS) is 18.6. The largest absolute Gasteiger partial charge is 0.444 e. The first-order valence-corrected chi connectivity index (χ1v) is 9.83. The minimum absolute atomic E-state index is 0.00876. The highest BCUT2D eigenvalue weighted by atomic mass is 19.1. The summed E-state index contributed by atoms with van der Waals surface area (Å²) >= 11 is 0. The maximum Gasteiger partial charge on any atom is 0.410 e. The number of nitrogens with zero attached hydrogens (tertiary/aromatic N) is 4. The molecule has 0 N–H and O–H groups in total. The molecule has 2 aromatic rings. The number of anilines is 1. The number of piperidine rings is 1. The van der Waals surface area contributed by atoms with Crippen LogP contribution >= 0.6 is 0 Å². The van der Waals surface area contributed by atoms with Crippen LogP contribution in [0.15, 0.2) is 18.5 Å². The zero-order valence-corrected chi connectivity index (χ0v) is 16.9. The average Bonchev–Trinajstić information content (AvgIpc) is 2.65. The maximum absolute atomic E-state index is 14.8. The van der Waals surface area contributed by atoms with E-state index in [1.807, 2.05) is 25.7 Å². The summed E-state index contributed by atoms with van der Waals surface area (Å²) in [5, 5.41) is 0.290. The number of amides is 1. The number of carbonyl (C=O) groups excluding carboxylic acids is 2. The van der Waals surface area contributed by atoms with Crippen molar-refractivity contribution in [2.75, 3.05) is 31.1 Å². The van der Waals surface area contributed by atoms with Gasteiger partial charge < -0.3 is 14.5 Å². The third-order valence-corrected chi connectivity index (χ3v) is 5.71. The highest BCUT2D eigenvalue weighted by Crippen LogP contribution is 2.44. The van der Waals surface area contributed by atoms with Crippen LogP contribution < -0.4 is 4.90 Å². The van der Waals surface area contributed by atoms with E-state index >= 15 is 0 Å². The Morgan fingerprint density at radius 2 is 1.90 bits per heavy atom. The second kappa shape index (κ2) is 6.93. The van der Waals surface area contributed by atoms with Gasteiger partial charge in [-0.2, -0.15) is 0 Å². The summed E-state index contributed by atoms with van der Waals surface area (Å²) in [7, 11) is 0. The van der Waals surface area contributed by atoms with Gasteiger partial charge in [-0.05, 0) is 45.7 Å². The van der Waals surface area contributed by atoms with Crippen LogP contribution in [0.25, 0.3) is 10.9 Å². The first-order chi connectivity index (χ1) is 13.7. The number of fused-ring (bicyclic) bond motifs is 1. The fourth-order valence-corrected chi connectivity index (χ4v) is 4.16. The Hall–Kier alpha value is -2.77. The predicted octanol–water partition coefficient (Wildman–Crippen LogP) is 3.42. The molecule has 2 fully saturated rings. The second-order valence-corrected chi connectivity index (χ2v) is 9.00. The molecule has 154 valence electrons. The number of hydrogen-bond acceptors (Lipinski definition) is 6. The number of benzene rings is 1. The summed E-state index contributed by atoms with van der Waals surface area (Å²) in [4.78, 5) is 35.6. The van der Waals surface area contributed by atoms with E-state index in [0.717, 1.165) is 25.9 Å². The first-order valence-electron chi connectivity index (χ1n) is 9.83. The van der Waals surface area contributed by atoms with Gasteiger partial charge >= 0.3 is 6.09 Å². The molecule has 2 aliphatic rings. The van der Waals surface area contributed by atoms with Crippen molar-refractivity contribution in [3.63, 3.8) is 0 Å². The van der Waals surface area contributed by atoms with Crippen LogP contribution in [0.3, 0.4) is 0 Å². The Kier molecular flexibility index (Phi) is 4.67. The van der Waals surface area contributed by atoms with E-state index in [1.54, 1.807) is 11.0 Å². The lowest BCUT2D eigenvalue weighted by atomic mass is 9.72. The highest BCUT2D eigenvalue weighted by Gasteiger charge is 2.47. The van der Waals surface area contributed by atoms with Crippen molar-refractivity contribution < 1.29 is 18.7 Å². The van der Waals surface area contributed by atoms with Crippen molar-refractivity contribution in [1.29, 1.82) is 0 Å². The topological polar surface area (TPSA) is 75.6 Å². The van der Waals surface area contributed by atoms with E-state index in [0.29, 0.717) is 30.7 Å². The summed E-state index contributed by atoms with van der Waals surface area (Å²) in [6.07, 6.45) is 3.40. The van der Waals surface area contributed by atoms with Gasteiger partial charge in [-0.15, -0.1) is 0 Å². The second-order valence-electron chi connectivity index (χ2n) is 9.00. The van der Waals surface area contributed by atoms with Crippen molar-refractivity contribution in [2.45, 2.75) is 39.2 Å². The molecule has 4 rings (SSSR count).